The molecule has 0 saturated carbocycles. The molecule has 0 aliphatic heterocycles. The first-order chi connectivity index (χ1) is 14.5. The van der Waals surface area contributed by atoms with Crippen LogP contribution in [0.15, 0.2) is 83.5 Å². The minimum Gasteiger partial charge on any atom is -0.463 e. The number of rotatable bonds is 6. The zero-order valence-corrected chi connectivity index (χ0v) is 16.1. The topological polar surface area (TPSA) is 103 Å². The Morgan fingerprint density at radius 2 is 1.83 bits per heavy atom. The van der Waals surface area contributed by atoms with Crippen LogP contribution >= 0.6 is 0 Å². The molecule has 8 nitrogen and oxygen atoms in total. The number of amides is 1. The van der Waals surface area contributed by atoms with E-state index in [0.29, 0.717) is 17.1 Å². The highest BCUT2D eigenvalue weighted by molar-refractivity contribution is 5.94. The summed E-state index contributed by atoms with van der Waals surface area (Å²) in [6.07, 6.45) is 1.53. The summed E-state index contributed by atoms with van der Waals surface area (Å²) in [5.74, 6) is 0.191. The van der Waals surface area contributed by atoms with Crippen molar-refractivity contribution in [1.29, 1.82) is 0 Å². The minimum atomic E-state index is -0.476. The van der Waals surface area contributed by atoms with Crippen LogP contribution in [0.3, 0.4) is 0 Å². The molecule has 0 radical (unpaired) electrons. The molecule has 8 heteroatoms. The standard InChI is InChI=1S/C22H18N4O4/c1-15(16-6-3-2-4-7-16)23-22(27)20-14-19(21-8-5-13-30-21)24-25(20)17-9-11-18(12-10-17)26(28)29/h2-15H,1H3,(H,23,27)/t15-/m1/s1. The lowest BCUT2D eigenvalue weighted by molar-refractivity contribution is -0.384. The Balaban J connectivity index is 1.70. The number of carbonyl (C=O) groups excluding carboxylic acids is 1. The second-order valence-electron chi connectivity index (χ2n) is 6.68. The molecule has 0 spiro atoms. The fourth-order valence-electron chi connectivity index (χ4n) is 3.10. The smallest absolute Gasteiger partial charge is 0.270 e. The summed E-state index contributed by atoms with van der Waals surface area (Å²) in [4.78, 5) is 23.5. The molecular weight excluding hydrogens is 384 g/mol. The molecule has 2 heterocycles. The lowest BCUT2D eigenvalue weighted by Crippen LogP contribution is -2.28. The van der Waals surface area contributed by atoms with Crippen LogP contribution in [0.2, 0.25) is 0 Å². The van der Waals surface area contributed by atoms with Crippen molar-refractivity contribution in [3.63, 3.8) is 0 Å². The first-order valence-corrected chi connectivity index (χ1v) is 9.27. The van der Waals surface area contributed by atoms with Crippen LogP contribution in [0.1, 0.15) is 29.0 Å². The van der Waals surface area contributed by atoms with Crippen molar-refractivity contribution < 1.29 is 14.1 Å². The third kappa shape index (κ3) is 3.83. The molecule has 0 aliphatic rings. The molecular formula is C22H18N4O4. The number of nitro benzene ring substituents is 1. The van der Waals surface area contributed by atoms with Crippen LogP contribution in [-0.4, -0.2) is 20.6 Å². The van der Waals surface area contributed by atoms with Gasteiger partial charge in [-0.15, -0.1) is 0 Å². The molecule has 1 amide bonds. The van der Waals surface area contributed by atoms with E-state index in [4.69, 9.17) is 4.42 Å². The van der Waals surface area contributed by atoms with Gasteiger partial charge in [0.1, 0.15) is 11.4 Å². The van der Waals surface area contributed by atoms with Crippen molar-refractivity contribution in [2.75, 3.05) is 0 Å². The highest BCUT2D eigenvalue weighted by Crippen LogP contribution is 2.24. The van der Waals surface area contributed by atoms with Crippen LogP contribution < -0.4 is 5.32 Å². The molecule has 150 valence electrons. The number of benzene rings is 2. The van der Waals surface area contributed by atoms with E-state index in [1.54, 1.807) is 30.3 Å². The van der Waals surface area contributed by atoms with Crippen molar-refractivity contribution in [2.45, 2.75) is 13.0 Å². The quantitative estimate of drug-likeness (QED) is 0.377. The van der Waals surface area contributed by atoms with Crippen molar-refractivity contribution in [1.82, 2.24) is 15.1 Å². The summed E-state index contributed by atoms with van der Waals surface area (Å²) in [6, 6.07) is 20.4. The predicted octanol–water partition coefficient (Wildman–Crippen LogP) is 4.53. The minimum absolute atomic E-state index is 0.0409. The number of nitrogens with zero attached hydrogens (tertiary/aromatic N) is 3. The monoisotopic (exact) mass is 402 g/mol. The number of aromatic nitrogens is 2. The third-order valence-corrected chi connectivity index (χ3v) is 4.67. The summed E-state index contributed by atoms with van der Waals surface area (Å²) >= 11 is 0. The Morgan fingerprint density at radius 3 is 2.47 bits per heavy atom. The fourth-order valence-corrected chi connectivity index (χ4v) is 3.10. The molecule has 4 rings (SSSR count). The van der Waals surface area contributed by atoms with E-state index in [9.17, 15) is 14.9 Å². The second-order valence-corrected chi connectivity index (χ2v) is 6.68. The lowest BCUT2D eigenvalue weighted by Gasteiger charge is -2.15. The van der Waals surface area contributed by atoms with Gasteiger partial charge in [0, 0.05) is 18.2 Å². The van der Waals surface area contributed by atoms with Gasteiger partial charge >= 0.3 is 0 Å². The van der Waals surface area contributed by atoms with Crippen LogP contribution in [0.5, 0.6) is 0 Å². The van der Waals surface area contributed by atoms with E-state index in [-0.39, 0.29) is 23.3 Å². The Morgan fingerprint density at radius 1 is 1.10 bits per heavy atom. The van der Waals surface area contributed by atoms with Gasteiger partial charge in [0.15, 0.2) is 5.76 Å². The summed E-state index contributed by atoms with van der Waals surface area (Å²) in [6.45, 7) is 1.90. The zero-order chi connectivity index (χ0) is 21.1. The highest BCUT2D eigenvalue weighted by Gasteiger charge is 2.21. The maximum atomic E-state index is 13.1. The number of carbonyl (C=O) groups is 1. The van der Waals surface area contributed by atoms with Crippen molar-refractivity contribution in [3.8, 4) is 17.1 Å². The number of hydrogen-bond acceptors (Lipinski definition) is 5. The molecule has 30 heavy (non-hydrogen) atoms. The van der Waals surface area contributed by atoms with Crippen LogP contribution in [-0.2, 0) is 0 Å². The van der Waals surface area contributed by atoms with Crippen molar-refractivity contribution >= 4 is 11.6 Å². The van der Waals surface area contributed by atoms with Crippen molar-refractivity contribution in [2.24, 2.45) is 0 Å². The van der Waals surface area contributed by atoms with E-state index >= 15 is 0 Å². The molecule has 1 N–H and O–H groups in total. The molecule has 4 aromatic rings. The Hall–Kier alpha value is -4.20. The van der Waals surface area contributed by atoms with E-state index in [1.165, 1.54) is 23.1 Å². The lowest BCUT2D eigenvalue weighted by atomic mass is 10.1. The van der Waals surface area contributed by atoms with E-state index in [0.717, 1.165) is 5.56 Å². The highest BCUT2D eigenvalue weighted by atomic mass is 16.6. The maximum Gasteiger partial charge on any atom is 0.270 e. The van der Waals surface area contributed by atoms with Crippen molar-refractivity contribution in [3.05, 3.63) is 100 Å². The van der Waals surface area contributed by atoms with Crippen LogP contribution in [0.25, 0.3) is 17.1 Å². The van der Waals surface area contributed by atoms with Gasteiger partial charge in [-0.1, -0.05) is 30.3 Å². The van der Waals surface area contributed by atoms with Gasteiger partial charge in [-0.2, -0.15) is 5.10 Å². The van der Waals surface area contributed by atoms with Gasteiger partial charge in [-0.05, 0) is 36.8 Å². The zero-order valence-electron chi connectivity index (χ0n) is 16.1. The molecule has 1 atom stereocenters. The van der Waals surface area contributed by atoms with E-state index < -0.39 is 4.92 Å². The second kappa shape index (κ2) is 8.04. The number of nitro groups is 1. The molecule has 0 bridgehead atoms. The van der Waals surface area contributed by atoms with Gasteiger partial charge in [-0.25, -0.2) is 4.68 Å². The summed E-state index contributed by atoms with van der Waals surface area (Å²) < 4.78 is 6.86. The molecule has 2 aromatic heterocycles. The predicted molar refractivity (Wildman–Crippen MR) is 110 cm³/mol. The van der Waals surface area contributed by atoms with Gasteiger partial charge in [0.2, 0.25) is 0 Å². The average molecular weight is 402 g/mol. The average Bonchev–Trinajstić information content (AvgIpc) is 3.44. The number of furan rings is 1. The van der Waals surface area contributed by atoms with Gasteiger partial charge in [0.25, 0.3) is 11.6 Å². The summed E-state index contributed by atoms with van der Waals surface area (Å²) in [5, 5.41) is 18.4. The van der Waals surface area contributed by atoms with E-state index in [1.807, 2.05) is 37.3 Å². The van der Waals surface area contributed by atoms with Gasteiger partial charge in [-0.3, -0.25) is 14.9 Å². The Bertz CT molecular complexity index is 1170. The number of hydrogen-bond donors (Lipinski definition) is 1. The largest absolute Gasteiger partial charge is 0.463 e. The summed E-state index contributed by atoms with van der Waals surface area (Å²) in [5.41, 5.74) is 2.23. The fraction of sp³-hybridized carbons (Fsp3) is 0.0909. The molecule has 0 fully saturated rings. The third-order valence-electron chi connectivity index (χ3n) is 4.67. The maximum absolute atomic E-state index is 13.1. The number of nitrogens with one attached hydrogen (secondary N) is 1. The molecule has 2 aromatic carbocycles. The van der Waals surface area contributed by atoms with Crippen LogP contribution in [0, 0.1) is 10.1 Å². The number of non-ortho nitro benzene ring substituents is 1. The summed E-state index contributed by atoms with van der Waals surface area (Å²) in [7, 11) is 0. The normalized spacial score (nSPS) is 11.8. The molecule has 0 aliphatic carbocycles. The first-order valence-electron chi connectivity index (χ1n) is 9.27. The SMILES string of the molecule is C[C@@H](NC(=O)c1cc(-c2ccco2)nn1-c1ccc([N+](=O)[O-])cc1)c1ccccc1. The Labute approximate surface area is 171 Å². The molecule has 0 saturated heterocycles. The molecule has 0 unspecified atom stereocenters. The first kappa shape index (κ1) is 19.1. The van der Waals surface area contributed by atoms with Crippen LogP contribution in [0.4, 0.5) is 5.69 Å². The Kier molecular flexibility index (Phi) is 5.13. The van der Waals surface area contributed by atoms with Gasteiger partial charge in [0.05, 0.1) is 22.9 Å². The van der Waals surface area contributed by atoms with Gasteiger partial charge < -0.3 is 9.73 Å². The van der Waals surface area contributed by atoms with E-state index in [2.05, 4.69) is 10.4 Å².